The molecule has 1 heterocycles. The predicted octanol–water partition coefficient (Wildman–Crippen LogP) is 3.41. The Balaban J connectivity index is 2.98. The maximum atomic E-state index is 11.6. The van der Waals surface area contributed by atoms with Crippen molar-refractivity contribution in [2.75, 3.05) is 5.32 Å². The minimum Gasteiger partial charge on any atom is -0.478 e. The molecule has 1 rings (SSSR count). The minimum absolute atomic E-state index is 0.128. The number of thiophene rings is 1. The first-order valence-electron chi connectivity index (χ1n) is 5.45. The second-order valence-corrected chi connectivity index (χ2v) is 6.33. The molecule has 0 atom stereocenters. The number of aromatic carboxylic acids is 1. The maximum absolute atomic E-state index is 11.6. The highest BCUT2D eigenvalue weighted by Gasteiger charge is 2.23. The quantitative estimate of drug-likeness (QED) is 0.864. The Morgan fingerprint density at radius 1 is 1.22 bits per heavy atom. The topological polar surface area (TPSA) is 75.6 Å². The summed E-state index contributed by atoms with van der Waals surface area (Å²) in [7, 11) is 0. The van der Waals surface area contributed by atoms with Crippen LogP contribution in [0.4, 0.5) is 10.5 Å². The number of rotatable bonds is 2. The van der Waals surface area contributed by atoms with Crippen LogP contribution in [0, 0.1) is 13.8 Å². The summed E-state index contributed by atoms with van der Waals surface area (Å²) >= 11 is 1.33. The number of ether oxygens (including phenoxy) is 1. The lowest BCUT2D eigenvalue weighted by molar-refractivity contribution is 0.0636. The first-order chi connectivity index (χ1) is 8.11. The minimum atomic E-state index is -1.05. The molecule has 6 heteroatoms. The Hall–Kier alpha value is -1.56. The Bertz CT molecular complexity index is 485. The zero-order valence-electron chi connectivity index (χ0n) is 11.1. The van der Waals surface area contributed by atoms with E-state index in [0.717, 1.165) is 4.88 Å². The lowest BCUT2D eigenvalue weighted by Gasteiger charge is -2.19. The number of nitrogens with one attached hydrogen (secondary N) is 1. The fraction of sp³-hybridized carbons (Fsp3) is 0.500. The molecule has 2 N–H and O–H groups in total. The van der Waals surface area contributed by atoms with E-state index in [-0.39, 0.29) is 5.56 Å². The normalized spacial score (nSPS) is 11.2. The average molecular weight is 271 g/mol. The van der Waals surface area contributed by atoms with Crippen molar-refractivity contribution >= 4 is 29.1 Å². The number of amides is 1. The van der Waals surface area contributed by atoms with Crippen LogP contribution in [0.25, 0.3) is 0 Å². The van der Waals surface area contributed by atoms with E-state index in [1.54, 1.807) is 34.6 Å². The zero-order valence-corrected chi connectivity index (χ0v) is 11.9. The number of anilines is 1. The standard InChI is InChI=1S/C12H17NO4S/c1-6-8(10(14)15)9(7(2)18-6)13-11(16)17-12(3,4)5/h1-5H3,(H,13,16)(H,14,15). The van der Waals surface area contributed by atoms with Crippen molar-refractivity contribution in [3.05, 3.63) is 15.3 Å². The van der Waals surface area contributed by atoms with Crippen molar-refractivity contribution in [1.29, 1.82) is 0 Å². The average Bonchev–Trinajstić information content (AvgIpc) is 2.37. The van der Waals surface area contributed by atoms with Crippen LogP contribution in [0.3, 0.4) is 0 Å². The van der Waals surface area contributed by atoms with Gasteiger partial charge in [0.2, 0.25) is 0 Å². The van der Waals surface area contributed by atoms with Gasteiger partial charge in [0.1, 0.15) is 5.60 Å². The van der Waals surface area contributed by atoms with Gasteiger partial charge in [-0.05, 0) is 34.6 Å². The van der Waals surface area contributed by atoms with Crippen LogP contribution >= 0.6 is 11.3 Å². The molecule has 0 bridgehead atoms. The third-order valence-corrected chi connectivity index (χ3v) is 3.12. The van der Waals surface area contributed by atoms with E-state index in [4.69, 9.17) is 9.84 Å². The van der Waals surface area contributed by atoms with Crippen molar-refractivity contribution < 1.29 is 19.4 Å². The molecule has 0 aliphatic heterocycles. The van der Waals surface area contributed by atoms with Crippen LogP contribution in [-0.2, 0) is 4.74 Å². The van der Waals surface area contributed by atoms with Crippen molar-refractivity contribution in [2.45, 2.75) is 40.2 Å². The Kier molecular flexibility index (Phi) is 4.01. The molecule has 5 nitrogen and oxygen atoms in total. The van der Waals surface area contributed by atoms with E-state index in [1.807, 2.05) is 0 Å². The van der Waals surface area contributed by atoms with E-state index in [2.05, 4.69) is 5.32 Å². The first-order valence-corrected chi connectivity index (χ1v) is 6.26. The fourth-order valence-corrected chi connectivity index (χ4v) is 2.50. The van der Waals surface area contributed by atoms with Crippen LogP contribution in [0.5, 0.6) is 0 Å². The number of aryl methyl sites for hydroxylation is 2. The van der Waals surface area contributed by atoms with Crippen molar-refractivity contribution in [3.8, 4) is 0 Å². The highest BCUT2D eigenvalue weighted by atomic mass is 32.1. The summed E-state index contributed by atoms with van der Waals surface area (Å²) in [5.41, 5.74) is -0.172. The van der Waals surface area contributed by atoms with Crippen LogP contribution in [-0.4, -0.2) is 22.8 Å². The number of carboxylic acids is 1. The van der Waals surface area contributed by atoms with Crippen LogP contribution < -0.4 is 5.32 Å². The van der Waals surface area contributed by atoms with Gasteiger partial charge in [-0.15, -0.1) is 11.3 Å². The Morgan fingerprint density at radius 3 is 2.22 bits per heavy atom. The molecule has 0 aromatic carbocycles. The second-order valence-electron chi connectivity index (χ2n) is 4.90. The van der Waals surface area contributed by atoms with Gasteiger partial charge in [-0.1, -0.05) is 0 Å². The summed E-state index contributed by atoms with van der Waals surface area (Å²) in [5, 5.41) is 11.6. The van der Waals surface area contributed by atoms with E-state index in [9.17, 15) is 9.59 Å². The van der Waals surface area contributed by atoms with Crippen molar-refractivity contribution in [3.63, 3.8) is 0 Å². The van der Waals surface area contributed by atoms with Crippen molar-refractivity contribution in [1.82, 2.24) is 0 Å². The summed E-state index contributed by atoms with van der Waals surface area (Å²) in [6, 6.07) is 0. The Labute approximate surface area is 110 Å². The van der Waals surface area contributed by atoms with E-state index in [0.29, 0.717) is 10.6 Å². The van der Waals surface area contributed by atoms with Gasteiger partial charge in [0.25, 0.3) is 0 Å². The second kappa shape index (κ2) is 4.97. The summed E-state index contributed by atoms with van der Waals surface area (Å²) in [5.74, 6) is -1.05. The first kappa shape index (κ1) is 14.5. The molecule has 1 aromatic heterocycles. The SMILES string of the molecule is Cc1sc(C)c(C(=O)O)c1NC(=O)OC(C)(C)C. The highest BCUT2D eigenvalue weighted by Crippen LogP contribution is 2.32. The van der Waals surface area contributed by atoms with Gasteiger partial charge in [0, 0.05) is 9.75 Å². The number of hydrogen-bond acceptors (Lipinski definition) is 4. The molecular weight excluding hydrogens is 254 g/mol. The lowest BCUT2D eigenvalue weighted by atomic mass is 10.2. The molecule has 100 valence electrons. The van der Waals surface area contributed by atoms with Gasteiger partial charge < -0.3 is 9.84 Å². The fourth-order valence-electron chi connectivity index (χ4n) is 1.50. The highest BCUT2D eigenvalue weighted by molar-refractivity contribution is 7.12. The Morgan fingerprint density at radius 2 is 1.78 bits per heavy atom. The largest absolute Gasteiger partial charge is 0.478 e. The summed E-state index contributed by atoms with van der Waals surface area (Å²) in [6.07, 6.45) is -0.647. The molecule has 0 fully saturated rings. The molecular formula is C12H17NO4S. The zero-order chi connectivity index (χ0) is 14.1. The molecule has 18 heavy (non-hydrogen) atoms. The molecule has 0 unspecified atom stereocenters. The lowest BCUT2D eigenvalue weighted by Crippen LogP contribution is -2.27. The number of carboxylic acid groups (broad SMARTS) is 1. The van der Waals surface area contributed by atoms with Gasteiger partial charge >= 0.3 is 12.1 Å². The number of hydrogen-bond donors (Lipinski definition) is 2. The summed E-state index contributed by atoms with van der Waals surface area (Å²) < 4.78 is 5.10. The number of carbonyl (C=O) groups excluding carboxylic acids is 1. The van der Waals surface area contributed by atoms with Gasteiger partial charge in [-0.25, -0.2) is 9.59 Å². The van der Waals surface area contributed by atoms with E-state index < -0.39 is 17.7 Å². The van der Waals surface area contributed by atoms with Gasteiger partial charge in [-0.2, -0.15) is 0 Å². The molecule has 0 radical (unpaired) electrons. The molecule has 0 aliphatic rings. The molecule has 0 saturated heterocycles. The maximum Gasteiger partial charge on any atom is 0.412 e. The number of carbonyl (C=O) groups is 2. The molecule has 0 saturated carbocycles. The summed E-state index contributed by atoms with van der Waals surface area (Å²) in [4.78, 5) is 24.2. The smallest absolute Gasteiger partial charge is 0.412 e. The van der Waals surface area contributed by atoms with Crippen LogP contribution in [0.2, 0.25) is 0 Å². The third-order valence-electron chi connectivity index (χ3n) is 2.10. The van der Waals surface area contributed by atoms with E-state index in [1.165, 1.54) is 11.3 Å². The third kappa shape index (κ3) is 3.46. The molecule has 0 spiro atoms. The monoisotopic (exact) mass is 271 g/mol. The van der Waals surface area contributed by atoms with Crippen LogP contribution in [0.1, 0.15) is 40.9 Å². The van der Waals surface area contributed by atoms with Crippen molar-refractivity contribution in [2.24, 2.45) is 0 Å². The molecule has 1 aromatic rings. The van der Waals surface area contributed by atoms with Gasteiger partial charge in [0.15, 0.2) is 0 Å². The van der Waals surface area contributed by atoms with Gasteiger partial charge in [0.05, 0.1) is 11.3 Å². The van der Waals surface area contributed by atoms with Crippen LogP contribution in [0.15, 0.2) is 0 Å². The summed E-state index contributed by atoms with van der Waals surface area (Å²) in [6.45, 7) is 8.71. The van der Waals surface area contributed by atoms with E-state index >= 15 is 0 Å². The molecule has 0 aliphatic carbocycles. The molecule has 1 amide bonds. The predicted molar refractivity (Wildman–Crippen MR) is 70.6 cm³/mol. The van der Waals surface area contributed by atoms with Gasteiger partial charge in [-0.3, -0.25) is 5.32 Å².